The van der Waals surface area contributed by atoms with Crippen LogP contribution in [0.25, 0.3) is 0 Å². The molecule has 0 radical (unpaired) electrons. The maximum Gasteiger partial charge on any atom is 0.150 e. The van der Waals surface area contributed by atoms with Gasteiger partial charge in [0, 0.05) is 12.5 Å². The number of hydrogen-bond acceptors (Lipinski definition) is 3. The number of carbonyl (C=O) groups excluding carboxylic acids is 1. The first-order chi connectivity index (χ1) is 7.26. The highest BCUT2D eigenvalue weighted by Crippen LogP contribution is 2.18. The highest BCUT2D eigenvalue weighted by Gasteiger charge is 2.00. The molecule has 1 aromatic rings. The lowest BCUT2D eigenvalue weighted by atomic mass is 10.3. The van der Waals surface area contributed by atoms with Crippen LogP contribution < -0.4 is 9.47 Å². The second-order valence-corrected chi connectivity index (χ2v) is 3.22. The van der Waals surface area contributed by atoms with E-state index in [0.29, 0.717) is 18.8 Å². The van der Waals surface area contributed by atoms with Gasteiger partial charge in [0.15, 0.2) is 5.78 Å². The standard InChI is InChI=1S/C11H13ClO3/c1-14-10-3-2-4-11(7-10)15-6-5-9(13)8-12/h2-4,7H,5-6,8H2,1H3. The number of Topliss-reactive ketones (excluding diaryl/α,β-unsaturated/α-hetero) is 1. The lowest BCUT2D eigenvalue weighted by Crippen LogP contribution is -2.07. The SMILES string of the molecule is COc1cccc(OCCC(=O)CCl)c1. The van der Waals surface area contributed by atoms with Crippen molar-refractivity contribution in [3.05, 3.63) is 24.3 Å². The Morgan fingerprint density at radius 1 is 1.40 bits per heavy atom. The summed E-state index contributed by atoms with van der Waals surface area (Å²) in [5.41, 5.74) is 0. The molecule has 4 heteroatoms. The van der Waals surface area contributed by atoms with Gasteiger partial charge in [0.05, 0.1) is 19.6 Å². The number of halogens is 1. The Hall–Kier alpha value is -1.22. The van der Waals surface area contributed by atoms with Gasteiger partial charge in [-0.2, -0.15) is 0 Å². The molecule has 0 spiro atoms. The first-order valence-corrected chi connectivity index (χ1v) is 5.14. The number of alkyl halides is 1. The van der Waals surface area contributed by atoms with Crippen molar-refractivity contribution in [2.24, 2.45) is 0 Å². The minimum Gasteiger partial charge on any atom is -0.497 e. The molecular weight excluding hydrogens is 216 g/mol. The predicted molar refractivity (Wildman–Crippen MR) is 58.8 cm³/mol. The Morgan fingerprint density at radius 2 is 2.13 bits per heavy atom. The van der Waals surface area contributed by atoms with Gasteiger partial charge in [-0.25, -0.2) is 0 Å². The molecule has 0 amide bonds. The highest BCUT2D eigenvalue weighted by atomic mass is 35.5. The summed E-state index contributed by atoms with van der Waals surface area (Å²) in [6.07, 6.45) is 0.334. The van der Waals surface area contributed by atoms with Crippen molar-refractivity contribution in [2.75, 3.05) is 19.6 Å². The molecule has 0 aliphatic heterocycles. The largest absolute Gasteiger partial charge is 0.497 e. The van der Waals surface area contributed by atoms with Gasteiger partial charge in [-0.1, -0.05) is 6.07 Å². The van der Waals surface area contributed by atoms with E-state index in [1.807, 2.05) is 18.2 Å². The smallest absolute Gasteiger partial charge is 0.150 e. The molecule has 0 N–H and O–H groups in total. The van der Waals surface area contributed by atoms with E-state index >= 15 is 0 Å². The van der Waals surface area contributed by atoms with Crippen molar-refractivity contribution in [3.63, 3.8) is 0 Å². The third kappa shape index (κ3) is 4.21. The molecule has 0 heterocycles. The number of carbonyl (C=O) groups is 1. The monoisotopic (exact) mass is 228 g/mol. The van der Waals surface area contributed by atoms with E-state index in [2.05, 4.69) is 0 Å². The van der Waals surface area contributed by atoms with Crippen LogP contribution in [0, 0.1) is 0 Å². The third-order valence-electron chi connectivity index (χ3n) is 1.84. The van der Waals surface area contributed by atoms with Gasteiger partial charge in [0.1, 0.15) is 11.5 Å². The zero-order valence-corrected chi connectivity index (χ0v) is 9.29. The summed E-state index contributed by atoms with van der Waals surface area (Å²) in [4.78, 5) is 10.9. The molecule has 3 nitrogen and oxygen atoms in total. The summed E-state index contributed by atoms with van der Waals surface area (Å²) in [6, 6.07) is 7.24. The molecule has 1 aromatic carbocycles. The van der Waals surface area contributed by atoms with Crippen molar-refractivity contribution in [2.45, 2.75) is 6.42 Å². The molecule has 0 fully saturated rings. The number of ketones is 1. The molecule has 0 aliphatic carbocycles. The zero-order valence-electron chi connectivity index (χ0n) is 8.53. The van der Waals surface area contributed by atoms with Crippen molar-refractivity contribution >= 4 is 17.4 Å². The molecule has 0 saturated carbocycles. The second-order valence-electron chi connectivity index (χ2n) is 2.95. The molecule has 0 bridgehead atoms. The van der Waals surface area contributed by atoms with Crippen LogP contribution in [0.1, 0.15) is 6.42 Å². The van der Waals surface area contributed by atoms with Crippen LogP contribution in [-0.2, 0) is 4.79 Å². The van der Waals surface area contributed by atoms with E-state index in [1.54, 1.807) is 13.2 Å². The van der Waals surface area contributed by atoms with Crippen molar-refractivity contribution in [1.29, 1.82) is 0 Å². The van der Waals surface area contributed by atoms with Crippen LogP contribution in [0.4, 0.5) is 0 Å². The van der Waals surface area contributed by atoms with Gasteiger partial charge in [0.25, 0.3) is 0 Å². The van der Waals surface area contributed by atoms with Gasteiger partial charge in [-0.05, 0) is 12.1 Å². The molecule has 0 saturated heterocycles. The molecule has 0 aromatic heterocycles. The van der Waals surface area contributed by atoms with Crippen LogP contribution in [0.3, 0.4) is 0 Å². The normalized spacial score (nSPS) is 9.73. The van der Waals surface area contributed by atoms with E-state index < -0.39 is 0 Å². The second kappa shape index (κ2) is 6.30. The topological polar surface area (TPSA) is 35.5 Å². The van der Waals surface area contributed by atoms with Crippen LogP contribution in [-0.4, -0.2) is 25.4 Å². The molecular formula is C11H13ClO3. The van der Waals surface area contributed by atoms with E-state index in [0.717, 1.165) is 5.75 Å². The lowest BCUT2D eigenvalue weighted by molar-refractivity contribution is -0.117. The molecule has 0 atom stereocenters. The number of methoxy groups -OCH3 is 1. The lowest BCUT2D eigenvalue weighted by Gasteiger charge is -2.06. The van der Waals surface area contributed by atoms with Crippen LogP contribution in [0.15, 0.2) is 24.3 Å². The average Bonchev–Trinajstić information content (AvgIpc) is 2.29. The first-order valence-electron chi connectivity index (χ1n) is 4.61. The summed E-state index contributed by atoms with van der Waals surface area (Å²) in [7, 11) is 1.59. The van der Waals surface area contributed by atoms with Crippen molar-refractivity contribution in [1.82, 2.24) is 0 Å². The summed E-state index contributed by atoms with van der Waals surface area (Å²) in [5.74, 6) is 1.45. The van der Waals surface area contributed by atoms with Crippen molar-refractivity contribution < 1.29 is 14.3 Å². The Kier molecular flexibility index (Phi) is 4.98. The summed E-state index contributed by atoms with van der Waals surface area (Å²) >= 11 is 5.36. The van der Waals surface area contributed by atoms with Crippen LogP contribution in [0.2, 0.25) is 0 Å². The summed E-state index contributed by atoms with van der Waals surface area (Å²) in [5, 5.41) is 0. The first kappa shape index (κ1) is 11.9. The minimum absolute atomic E-state index is 0.0143. The summed E-state index contributed by atoms with van der Waals surface area (Å²) in [6.45, 7) is 0.346. The highest BCUT2D eigenvalue weighted by molar-refractivity contribution is 6.27. The van der Waals surface area contributed by atoms with Gasteiger partial charge in [-0.15, -0.1) is 11.6 Å². The maximum absolute atomic E-state index is 10.9. The van der Waals surface area contributed by atoms with E-state index in [-0.39, 0.29) is 11.7 Å². The zero-order chi connectivity index (χ0) is 11.1. The Morgan fingerprint density at radius 3 is 2.80 bits per heavy atom. The maximum atomic E-state index is 10.9. The van der Waals surface area contributed by atoms with Crippen molar-refractivity contribution in [3.8, 4) is 11.5 Å². The Balaban J connectivity index is 2.40. The fourth-order valence-electron chi connectivity index (χ4n) is 1.04. The fraction of sp³-hybridized carbons (Fsp3) is 0.364. The van der Waals surface area contributed by atoms with Crippen LogP contribution in [0.5, 0.6) is 11.5 Å². The molecule has 82 valence electrons. The average molecular weight is 229 g/mol. The summed E-state index contributed by atoms with van der Waals surface area (Å²) < 4.78 is 10.4. The number of hydrogen-bond donors (Lipinski definition) is 0. The van der Waals surface area contributed by atoms with Gasteiger partial charge >= 0.3 is 0 Å². The van der Waals surface area contributed by atoms with Crippen LogP contribution >= 0.6 is 11.6 Å². The molecule has 15 heavy (non-hydrogen) atoms. The molecule has 0 unspecified atom stereocenters. The Labute approximate surface area is 93.9 Å². The number of ether oxygens (including phenoxy) is 2. The van der Waals surface area contributed by atoms with E-state index in [1.165, 1.54) is 0 Å². The van der Waals surface area contributed by atoms with Gasteiger partial charge in [0.2, 0.25) is 0 Å². The van der Waals surface area contributed by atoms with E-state index in [9.17, 15) is 4.79 Å². The van der Waals surface area contributed by atoms with Gasteiger partial charge < -0.3 is 9.47 Å². The molecule has 1 rings (SSSR count). The number of benzene rings is 1. The predicted octanol–water partition coefficient (Wildman–Crippen LogP) is 2.27. The quantitative estimate of drug-likeness (QED) is 0.701. The minimum atomic E-state index is -0.0143. The third-order valence-corrected chi connectivity index (χ3v) is 2.14. The fourth-order valence-corrected chi connectivity index (χ4v) is 1.17. The molecule has 0 aliphatic rings. The van der Waals surface area contributed by atoms with E-state index in [4.69, 9.17) is 21.1 Å². The number of rotatable bonds is 6. The van der Waals surface area contributed by atoms with Gasteiger partial charge in [-0.3, -0.25) is 4.79 Å². The Bertz CT molecular complexity index is 325.